The molecule has 0 aromatic heterocycles. The minimum absolute atomic E-state index is 0.289. The molecule has 128 valence electrons. The fourth-order valence-corrected chi connectivity index (χ4v) is 2.42. The molecule has 1 atom stereocenters. The van der Waals surface area contributed by atoms with Crippen LogP contribution in [0.1, 0.15) is 63.9 Å². The van der Waals surface area contributed by atoms with Crippen LogP contribution in [0.3, 0.4) is 0 Å². The largest absolute Gasteiger partial charge is 0.392 e. The molecule has 23 heavy (non-hydrogen) atoms. The summed E-state index contributed by atoms with van der Waals surface area (Å²) in [6.45, 7) is 2.19. The minimum Gasteiger partial charge on any atom is -0.392 e. The Hall–Kier alpha value is -1.68. The average molecular weight is 319 g/mol. The zero-order chi connectivity index (χ0) is 16.9. The Labute approximate surface area is 139 Å². The summed E-state index contributed by atoms with van der Waals surface area (Å²) >= 11 is 0. The van der Waals surface area contributed by atoms with Crippen molar-refractivity contribution in [2.24, 2.45) is 5.73 Å². The maximum absolute atomic E-state index is 11.8. The molecule has 0 aliphatic rings. The van der Waals surface area contributed by atoms with Gasteiger partial charge in [-0.15, -0.1) is 0 Å². The summed E-state index contributed by atoms with van der Waals surface area (Å²) in [5.74, 6) is -1.10. The Kier molecular flexibility index (Phi) is 9.96. The van der Waals surface area contributed by atoms with Gasteiger partial charge in [0.1, 0.15) is 6.04 Å². The van der Waals surface area contributed by atoms with Gasteiger partial charge < -0.3 is 10.5 Å². The van der Waals surface area contributed by atoms with Crippen LogP contribution >= 0.6 is 0 Å². The molecule has 0 unspecified atom stereocenters. The van der Waals surface area contributed by atoms with Crippen molar-refractivity contribution in [3.8, 4) is 0 Å². The zero-order valence-electron chi connectivity index (χ0n) is 14.1. The fraction of sp³-hybridized carbons (Fsp3) is 0.579. The highest BCUT2D eigenvalue weighted by molar-refractivity contribution is 5.88. The van der Waals surface area contributed by atoms with Crippen molar-refractivity contribution in [2.45, 2.75) is 70.8 Å². The molecule has 0 heterocycles. The second-order valence-electron chi connectivity index (χ2n) is 5.96. The molecule has 0 saturated carbocycles. The van der Waals surface area contributed by atoms with Crippen molar-refractivity contribution in [2.75, 3.05) is 0 Å². The van der Waals surface area contributed by atoms with E-state index in [4.69, 9.17) is 10.5 Å². The Morgan fingerprint density at radius 1 is 1.00 bits per heavy atom. The first-order chi connectivity index (χ1) is 11.1. The Morgan fingerprint density at radius 2 is 1.61 bits per heavy atom. The predicted molar refractivity (Wildman–Crippen MR) is 91.8 cm³/mol. The zero-order valence-corrected chi connectivity index (χ0v) is 14.1. The van der Waals surface area contributed by atoms with Crippen LogP contribution in [0, 0.1) is 0 Å². The lowest BCUT2D eigenvalue weighted by molar-refractivity contribution is -0.160. The van der Waals surface area contributed by atoms with Crippen molar-refractivity contribution in [3.63, 3.8) is 0 Å². The number of hydrogen-bond acceptors (Lipinski definition) is 4. The van der Waals surface area contributed by atoms with E-state index in [2.05, 4.69) is 6.92 Å². The second kappa shape index (κ2) is 11.8. The highest BCUT2D eigenvalue weighted by Crippen LogP contribution is 2.09. The number of carbonyl (C=O) groups excluding carboxylic acids is 2. The second-order valence-corrected chi connectivity index (χ2v) is 5.96. The van der Waals surface area contributed by atoms with Crippen LogP contribution in [-0.4, -0.2) is 18.0 Å². The molecule has 1 rings (SSSR count). The van der Waals surface area contributed by atoms with Crippen molar-refractivity contribution in [1.29, 1.82) is 0 Å². The summed E-state index contributed by atoms with van der Waals surface area (Å²) in [7, 11) is 0. The van der Waals surface area contributed by atoms with Crippen LogP contribution in [-0.2, 0) is 20.7 Å². The van der Waals surface area contributed by atoms with Gasteiger partial charge in [-0.2, -0.15) is 0 Å². The van der Waals surface area contributed by atoms with E-state index >= 15 is 0 Å². The van der Waals surface area contributed by atoms with E-state index < -0.39 is 18.0 Å². The third-order valence-electron chi connectivity index (χ3n) is 3.80. The van der Waals surface area contributed by atoms with Gasteiger partial charge >= 0.3 is 11.9 Å². The molecule has 0 aliphatic heterocycles. The number of hydrogen-bond donors (Lipinski definition) is 1. The van der Waals surface area contributed by atoms with E-state index in [0.717, 1.165) is 24.8 Å². The van der Waals surface area contributed by atoms with Crippen LogP contribution in [0.15, 0.2) is 30.3 Å². The molecule has 2 N–H and O–H groups in total. The molecule has 0 spiro atoms. The summed E-state index contributed by atoms with van der Waals surface area (Å²) < 4.78 is 4.83. The van der Waals surface area contributed by atoms with E-state index in [1.807, 2.05) is 30.3 Å². The topological polar surface area (TPSA) is 69.4 Å². The molecule has 4 nitrogen and oxygen atoms in total. The molecule has 0 aliphatic carbocycles. The Morgan fingerprint density at radius 3 is 2.26 bits per heavy atom. The Balaban J connectivity index is 2.14. The first-order valence-corrected chi connectivity index (χ1v) is 8.67. The summed E-state index contributed by atoms with van der Waals surface area (Å²) in [6.07, 6.45) is 8.55. The van der Waals surface area contributed by atoms with Gasteiger partial charge in [0.25, 0.3) is 0 Å². The van der Waals surface area contributed by atoms with Gasteiger partial charge in [-0.25, -0.2) is 4.79 Å². The third kappa shape index (κ3) is 9.14. The van der Waals surface area contributed by atoms with Gasteiger partial charge in [-0.3, -0.25) is 4.79 Å². The molecule has 0 radical (unpaired) electrons. The molecular weight excluding hydrogens is 290 g/mol. The number of benzene rings is 1. The van der Waals surface area contributed by atoms with Gasteiger partial charge in [0.05, 0.1) is 0 Å². The normalized spacial score (nSPS) is 11.9. The first-order valence-electron chi connectivity index (χ1n) is 8.67. The number of unbranched alkanes of at least 4 members (excludes halogenated alkanes) is 6. The number of rotatable bonds is 11. The van der Waals surface area contributed by atoms with E-state index in [0.29, 0.717) is 6.42 Å². The van der Waals surface area contributed by atoms with Gasteiger partial charge in [0, 0.05) is 6.42 Å². The summed E-state index contributed by atoms with van der Waals surface area (Å²) in [4.78, 5) is 23.4. The van der Waals surface area contributed by atoms with Gasteiger partial charge in [-0.05, 0) is 18.4 Å². The molecule has 1 aromatic carbocycles. The fourth-order valence-electron chi connectivity index (χ4n) is 2.42. The number of ether oxygens (including phenoxy) is 1. The molecule has 0 fully saturated rings. The quantitative estimate of drug-likeness (QED) is 0.383. The average Bonchev–Trinajstić information content (AvgIpc) is 2.55. The van der Waals surface area contributed by atoms with Gasteiger partial charge in [0.15, 0.2) is 0 Å². The molecular formula is C19H29NO3. The monoisotopic (exact) mass is 319 g/mol. The standard InChI is InChI=1S/C19H29NO3/c1-2-3-4-5-6-7-11-14-18(21)23-19(22)17(20)15-16-12-9-8-10-13-16/h8-10,12-13,17H,2-7,11,14-15,20H2,1H3/t17-/m0/s1. The van der Waals surface area contributed by atoms with Gasteiger partial charge in [0.2, 0.25) is 0 Å². The van der Waals surface area contributed by atoms with Crippen LogP contribution in [0.4, 0.5) is 0 Å². The first kappa shape index (κ1) is 19.4. The maximum Gasteiger partial charge on any atom is 0.330 e. The summed E-state index contributed by atoms with van der Waals surface area (Å²) in [5, 5.41) is 0. The van der Waals surface area contributed by atoms with Crippen LogP contribution in [0.2, 0.25) is 0 Å². The number of esters is 2. The third-order valence-corrected chi connectivity index (χ3v) is 3.80. The minimum atomic E-state index is -0.796. The molecule has 0 bridgehead atoms. The maximum atomic E-state index is 11.8. The molecule has 0 saturated heterocycles. The van der Waals surface area contributed by atoms with Crippen molar-refractivity contribution in [3.05, 3.63) is 35.9 Å². The molecule has 4 heteroatoms. The summed E-state index contributed by atoms with van der Waals surface area (Å²) in [6, 6.07) is 8.67. The van der Waals surface area contributed by atoms with E-state index in [9.17, 15) is 9.59 Å². The highest BCUT2D eigenvalue weighted by Gasteiger charge is 2.18. The van der Waals surface area contributed by atoms with E-state index in [1.54, 1.807) is 0 Å². The van der Waals surface area contributed by atoms with E-state index in [1.165, 1.54) is 25.7 Å². The SMILES string of the molecule is CCCCCCCCCC(=O)OC(=O)[C@@H](N)Cc1ccccc1. The van der Waals surface area contributed by atoms with E-state index in [-0.39, 0.29) is 6.42 Å². The highest BCUT2D eigenvalue weighted by atomic mass is 16.6. The predicted octanol–water partition coefficient (Wildman–Crippen LogP) is 3.77. The molecule has 0 amide bonds. The number of carbonyl (C=O) groups is 2. The van der Waals surface area contributed by atoms with Crippen LogP contribution < -0.4 is 5.73 Å². The smallest absolute Gasteiger partial charge is 0.330 e. The van der Waals surface area contributed by atoms with Crippen molar-refractivity contribution < 1.29 is 14.3 Å². The Bertz CT molecular complexity index is 459. The molecule has 1 aromatic rings. The van der Waals surface area contributed by atoms with Crippen molar-refractivity contribution >= 4 is 11.9 Å². The van der Waals surface area contributed by atoms with Gasteiger partial charge in [-0.1, -0.05) is 75.8 Å². The lowest BCUT2D eigenvalue weighted by Gasteiger charge is -2.10. The van der Waals surface area contributed by atoms with Crippen molar-refractivity contribution in [1.82, 2.24) is 0 Å². The lowest BCUT2D eigenvalue weighted by Crippen LogP contribution is -2.35. The van der Waals surface area contributed by atoms with Crippen LogP contribution in [0.5, 0.6) is 0 Å². The van der Waals surface area contributed by atoms with Crippen LogP contribution in [0.25, 0.3) is 0 Å². The summed E-state index contributed by atoms with van der Waals surface area (Å²) in [5.41, 5.74) is 6.75. The number of nitrogens with two attached hydrogens (primary N) is 1. The lowest BCUT2D eigenvalue weighted by atomic mass is 10.1.